The van der Waals surface area contributed by atoms with E-state index >= 15 is 0 Å². The molecule has 0 radical (unpaired) electrons. The van der Waals surface area contributed by atoms with Crippen LogP contribution in [0, 0.1) is 0 Å². The van der Waals surface area contributed by atoms with Crippen LogP contribution in [0.25, 0.3) is 11.2 Å². The Morgan fingerprint density at radius 3 is 2.48 bits per heavy atom. The molecule has 2 heterocycles. The quantitative estimate of drug-likeness (QED) is 0.647. The van der Waals surface area contributed by atoms with Crippen molar-refractivity contribution in [3.05, 3.63) is 22.6 Å². The van der Waals surface area contributed by atoms with Gasteiger partial charge in [-0.15, -0.1) is 0 Å². The average Bonchev–Trinajstić information content (AvgIpc) is 2.89. The van der Waals surface area contributed by atoms with E-state index in [2.05, 4.69) is 50.0 Å². The highest BCUT2D eigenvalue weighted by molar-refractivity contribution is 9.10. The number of fused-ring (bicyclic) bond motifs is 1. The third kappa shape index (κ3) is 7.79. The van der Waals surface area contributed by atoms with Gasteiger partial charge in [-0.2, -0.15) is 0 Å². The topological polar surface area (TPSA) is 69.0 Å². The number of carbonyl (C=O) groups is 1. The predicted octanol–water partition coefficient (Wildman–Crippen LogP) is 4.42. The molecule has 27 heavy (non-hydrogen) atoms. The Kier molecular flexibility index (Phi) is 8.76. The zero-order valence-electron chi connectivity index (χ0n) is 17.7. The molecule has 0 saturated carbocycles. The fourth-order valence-corrected chi connectivity index (χ4v) is 3.07. The van der Waals surface area contributed by atoms with Crippen LogP contribution in [0.1, 0.15) is 45.0 Å². The summed E-state index contributed by atoms with van der Waals surface area (Å²) in [6.45, 7) is 10.9. The van der Waals surface area contributed by atoms with Gasteiger partial charge >= 0.3 is 0 Å². The Labute approximate surface area is 172 Å². The summed E-state index contributed by atoms with van der Waals surface area (Å²) in [5.74, 6) is 0.878. The zero-order valence-corrected chi connectivity index (χ0v) is 20.1. The minimum absolute atomic E-state index is 0.164. The molecule has 8 heteroatoms. The molecule has 0 fully saturated rings. The fraction of sp³-hybridized carbons (Fsp3) is 0.632. The standard InChI is InChI=1S/C17H27BrN4O2S.C2H6/c1-17(2,3)21-16(23)12-10-22(11-24-7-8-25(4,5)6)15-14(12)20-13(18)9-19-15;1-2/h9-10H,7-8,11H2,1-6H3,(H,21,23);1-2H3. The van der Waals surface area contributed by atoms with Gasteiger partial charge in [0.15, 0.2) is 5.65 Å². The van der Waals surface area contributed by atoms with Crippen LogP contribution in [0.5, 0.6) is 0 Å². The Morgan fingerprint density at radius 1 is 1.30 bits per heavy atom. The van der Waals surface area contributed by atoms with Gasteiger partial charge in [0.25, 0.3) is 5.91 Å². The second-order valence-corrected chi connectivity index (χ2v) is 13.3. The van der Waals surface area contributed by atoms with E-state index in [0.717, 1.165) is 5.75 Å². The van der Waals surface area contributed by atoms with Gasteiger partial charge in [-0.25, -0.2) is 20.0 Å². The molecule has 0 aliphatic rings. The average molecular weight is 461 g/mol. The minimum atomic E-state index is -0.588. The maximum absolute atomic E-state index is 12.6. The molecule has 0 aliphatic carbocycles. The highest BCUT2D eigenvalue weighted by Crippen LogP contribution is 2.33. The van der Waals surface area contributed by atoms with Gasteiger partial charge in [0.05, 0.1) is 18.4 Å². The van der Waals surface area contributed by atoms with Gasteiger partial charge < -0.3 is 14.6 Å². The van der Waals surface area contributed by atoms with Crippen LogP contribution >= 0.6 is 26.0 Å². The first kappa shape index (κ1) is 23.9. The Bertz CT molecular complexity index is 763. The molecule has 1 amide bonds. The molecule has 2 rings (SSSR count). The Hall–Kier alpha value is -1.12. The van der Waals surface area contributed by atoms with Gasteiger partial charge in [-0.05, 0) is 55.5 Å². The first-order chi connectivity index (χ1) is 12.5. The molecule has 1 N–H and O–H groups in total. The number of amides is 1. The van der Waals surface area contributed by atoms with E-state index in [1.54, 1.807) is 12.4 Å². The molecule has 0 aliphatic heterocycles. The van der Waals surface area contributed by atoms with Crippen molar-refractivity contribution in [2.24, 2.45) is 0 Å². The van der Waals surface area contributed by atoms with Crippen molar-refractivity contribution < 1.29 is 9.53 Å². The Balaban J connectivity index is 0.00000176. The van der Waals surface area contributed by atoms with Crippen LogP contribution in [0.4, 0.5) is 0 Å². The van der Waals surface area contributed by atoms with E-state index < -0.39 is 10.0 Å². The van der Waals surface area contributed by atoms with E-state index in [1.165, 1.54) is 0 Å². The highest BCUT2D eigenvalue weighted by Gasteiger charge is 2.21. The molecule has 0 atom stereocenters. The summed E-state index contributed by atoms with van der Waals surface area (Å²) >= 11 is 3.33. The normalized spacial score (nSPS) is 12.5. The van der Waals surface area contributed by atoms with E-state index in [0.29, 0.717) is 34.7 Å². The largest absolute Gasteiger partial charge is 0.360 e. The summed E-state index contributed by atoms with van der Waals surface area (Å²) in [5.41, 5.74) is 1.40. The first-order valence-corrected chi connectivity index (χ1v) is 12.9. The fourth-order valence-electron chi connectivity index (χ4n) is 2.17. The highest BCUT2D eigenvalue weighted by atomic mass is 79.9. The summed E-state index contributed by atoms with van der Waals surface area (Å²) < 4.78 is 8.24. The van der Waals surface area contributed by atoms with Crippen LogP contribution in [0.15, 0.2) is 17.0 Å². The van der Waals surface area contributed by atoms with Crippen molar-refractivity contribution in [2.45, 2.75) is 46.9 Å². The third-order valence-corrected chi connectivity index (χ3v) is 5.11. The van der Waals surface area contributed by atoms with Gasteiger partial charge in [0, 0.05) is 17.5 Å². The van der Waals surface area contributed by atoms with Crippen molar-refractivity contribution in [2.75, 3.05) is 31.1 Å². The van der Waals surface area contributed by atoms with Gasteiger partial charge in [-0.3, -0.25) is 4.79 Å². The molecule has 0 aromatic carbocycles. The summed E-state index contributed by atoms with van der Waals surface area (Å²) in [6.07, 6.45) is 10.2. The van der Waals surface area contributed by atoms with Crippen molar-refractivity contribution in [3.63, 3.8) is 0 Å². The number of aromatic nitrogens is 3. The number of nitrogens with one attached hydrogen (secondary N) is 1. The van der Waals surface area contributed by atoms with Crippen molar-refractivity contribution in [1.82, 2.24) is 19.9 Å². The van der Waals surface area contributed by atoms with Crippen LogP contribution in [0.3, 0.4) is 0 Å². The van der Waals surface area contributed by atoms with E-state index in [4.69, 9.17) is 4.74 Å². The number of halogens is 1. The number of ether oxygens (including phenoxy) is 1. The minimum Gasteiger partial charge on any atom is -0.360 e. The van der Waals surface area contributed by atoms with Crippen molar-refractivity contribution >= 4 is 43.0 Å². The summed E-state index contributed by atoms with van der Waals surface area (Å²) in [5, 5.41) is 2.97. The van der Waals surface area contributed by atoms with Crippen LogP contribution < -0.4 is 5.32 Å². The predicted molar refractivity (Wildman–Crippen MR) is 120 cm³/mol. The number of nitrogens with zero attached hydrogens (tertiary/aromatic N) is 3. The number of rotatable bonds is 6. The maximum atomic E-state index is 12.6. The molecule has 2 aromatic rings. The lowest BCUT2D eigenvalue weighted by atomic mass is 10.1. The molecule has 2 aromatic heterocycles. The molecule has 0 saturated heterocycles. The maximum Gasteiger partial charge on any atom is 0.255 e. The lowest BCUT2D eigenvalue weighted by Crippen LogP contribution is -2.40. The van der Waals surface area contributed by atoms with Crippen LogP contribution in [-0.4, -0.2) is 57.1 Å². The number of hydrogen-bond donors (Lipinski definition) is 1. The van der Waals surface area contributed by atoms with Crippen molar-refractivity contribution in [3.8, 4) is 0 Å². The van der Waals surface area contributed by atoms with E-state index in [9.17, 15) is 4.79 Å². The summed E-state index contributed by atoms with van der Waals surface area (Å²) in [7, 11) is -0.588. The third-order valence-electron chi connectivity index (χ3n) is 3.34. The second-order valence-electron chi connectivity index (χ2n) is 7.91. The molecule has 0 unspecified atom stereocenters. The molecule has 154 valence electrons. The molecule has 6 nitrogen and oxygen atoms in total. The summed E-state index contributed by atoms with van der Waals surface area (Å²) in [4.78, 5) is 21.5. The summed E-state index contributed by atoms with van der Waals surface area (Å²) in [6, 6.07) is 0. The molecular formula is C19H33BrN4O2S. The van der Waals surface area contributed by atoms with Gasteiger partial charge in [0.2, 0.25) is 0 Å². The molecule has 0 bridgehead atoms. The first-order valence-electron chi connectivity index (χ1n) is 9.04. The lowest BCUT2D eigenvalue weighted by Gasteiger charge is -2.24. The van der Waals surface area contributed by atoms with E-state index in [-0.39, 0.29) is 11.4 Å². The zero-order chi connectivity index (χ0) is 20.8. The van der Waals surface area contributed by atoms with Gasteiger partial charge in [0.1, 0.15) is 16.9 Å². The van der Waals surface area contributed by atoms with Crippen LogP contribution in [-0.2, 0) is 11.5 Å². The van der Waals surface area contributed by atoms with Crippen molar-refractivity contribution in [1.29, 1.82) is 0 Å². The smallest absolute Gasteiger partial charge is 0.255 e. The monoisotopic (exact) mass is 460 g/mol. The lowest BCUT2D eigenvalue weighted by molar-refractivity contribution is 0.0901. The van der Waals surface area contributed by atoms with E-state index in [1.807, 2.05) is 39.2 Å². The Morgan fingerprint density at radius 2 is 1.93 bits per heavy atom. The molecule has 0 spiro atoms. The number of carbonyl (C=O) groups excluding carboxylic acids is 1. The number of hydrogen-bond acceptors (Lipinski definition) is 4. The molecular weight excluding hydrogens is 428 g/mol. The van der Waals surface area contributed by atoms with Crippen LogP contribution in [0.2, 0.25) is 0 Å². The van der Waals surface area contributed by atoms with Gasteiger partial charge in [-0.1, -0.05) is 13.8 Å². The second kappa shape index (κ2) is 9.89. The SMILES string of the molecule is CC.CC(C)(C)NC(=O)c1cn(COCCS(C)(C)C)c2ncc(Br)nc12.